The maximum absolute atomic E-state index is 12.3. The monoisotopic (exact) mass is 280 g/mol. The molecule has 1 fully saturated rings. The Balaban J connectivity index is 2.84. The summed E-state index contributed by atoms with van der Waals surface area (Å²) in [6.07, 6.45) is 8.54. The van der Waals surface area contributed by atoms with E-state index < -0.39 is 17.4 Å². The number of piperidine rings is 1. The number of rotatable bonds is 4. The molecule has 0 aliphatic carbocycles. The van der Waals surface area contributed by atoms with Crippen molar-refractivity contribution in [2.24, 2.45) is 5.41 Å². The van der Waals surface area contributed by atoms with E-state index in [2.05, 4.69) is 11.2 Å². The molecule has 1 saturated heterocycles. The summed E-state index contributed by atoms with van der Waals surface area (Å²) >= 11 is 0. The molecular weight excluding hydrogens is 256 g/mol. The highest BCUT2D eigenvalue weighted by Gasteiger charge is 2.44. The molecule has 112 valence electrons. The number of carboxylic acid groups (broad SMARTS) is 1. The second-order valence-electron chi connectivity index (χ2n) is 5.98. The van der Waals surface area contributed by atoms with Gasteiger partial charge in [-0.25, -0.2) is 9.59 Å². The van der Waals surface area contributed by atoms with Gasteiger partial charge in [0.15, 0.2) is 0 Å². The van der Waals surface area contributed by atoms with Gasteiger partial charge in [-0.1, -0.05) is 33.1 Å². The van der Waals surface area contributed by atoms with Crippen molar-refractivity contribution in [1.82, 2.24) is 10.2 Å². The van der Waals surface area contributed by atoms with E-state index in [1.807, 2.05) is 20.8 Å². The lowest BCUT2D eigenvalue weighted by Crippen LogP contribution is -2.59. The third-order valence-electron chi connectivity index (χ3n) is 3.84. The zero-order valence-electron chi connectivity index (χ0n) is 12.5. The number of carbonyl (C=O) groups is 2. The van der Waals surface area contributed by atoms with E-state index in [9.17, 15) is 14.7 Å². The van der Waals surface area contributed by atoms with Gasteiger partial charge in [-0.2, -0.15) is 0 Å². The fourth-order valence-corrected chi connectivity index (χ4v) is 2.80. The predicted octanol–water partition coefficient (Wildman–Crippen LogP) is 2.07. The number of nitrogens with zero attached hydrogens (tertiary/aromatic N) is 1. The van der Waals surface area contributed by atoms with E-state index >= 15 is 0 Å². The molecule has 0 radical (unpaired) electrons. The molecule has 0 bridgehead atoms. The van der Waals surface area contributed by atoms with Gasteiger partial charge < -0.3 is 15.3 Å². The Morgan fingerprint density at radius 2 is 2.20 bits per heavy atom. The van der Waals surface area contributed by atoms with Crippen LogP contribution in [0, 0.1) is 17.8 Å². The molecule has 1 aliphatic heterocycles. The molecule has 2 amide bonds. The summed E-state index contributed by atoms with van der Waals surface area (Å²) in [5, 5.41) is 12.2. The molecule has 5 nitrogen and oxygen atoms in total. The van der Waals surface area contributed by atoms with E-state index in [0.717, 1.165) is 19.3 Å². The topological polar surface area (TPSA) is 69.6 Å². The van der Waals surface area contributed by atoms with Crippen molar-refractivity contribution in [2.75, 3.05) is 6.54 Å². The van der Waals surface area contributed by atoms with E-state index in [1.54, 1.807) is 0 Å². The molecule has 2 unspecified atom stereocenters. The van der Waals surface area contributed by atoms with Crippen LogP contribution in [0.3, 0.4) is 0 Å². The maximum atomic E-state index is 12.3. The molecule has 0 aromatic carbocycles. The highest BCUT2D eigenvalue weighted by molar-refractivity contribution is 5.84. The number of nitrogens with one attached hydrogen (secondary N) is 1. The summed E-state index contributed by atoms with van der Waals surface area (Å²) in [7, 11) is 0. The zero-order valence-corrected chi connectivity index (χ0v) is 12.5. The first-order valence-corrected chi connectivity index (χ1v) is 7.09. The number of carboxylic acids is 1. The van der Waals surface area contributed by atoms with Gasteiger partial charge in [0.25, 0.3) is 0 Å². The summed E-state index contributed by atoms with van der Waals surface area (Å²) in [4.78, 5) is 25.2. The number of carbonyl (C=O) groups excluding carboxylic acids is 1. The number of likely N-dealkylation sites (tertiary alicyclic amines) is 1. The third-order valence-corrected chi connectivity index (χ3v) is 3.84. The van der Waals surface area contributed by atoms with Gasteiger partial charge in [0.05, 0.1) is 6.04 Å². The summed E-state index contributed by atoms with van der Waals surface area (Å²) in [6, 6.07) is -1.52. The number of urea groups is 1. The molecular formula is C15H24N2O3. The second-order valence-corrected chi connectivity index (χ2v) is 5.98. The van der Waals surface area contributed by atoms with E-state index in [-0.39, 0.29) is 12.1 Å². The lowest BCUT2D eigenvalue weighted by Gasteiger charge is -2.44. The number of hydrogen-bond donors (Lipinski definition) is 2. The predicted molar refractivity (Wildman–Crippen MR) is 77.2 cm³/mol. The van der Waals surface area contributed by atoms with Gasteiger partial charge in [0.1, 0.15) is 6.04 Å². The average molecular weight is 280 g/mol. The van der Waals surface area contributed by atoms with Crippen LogP contribution < -0.4 is 5.32 Å². The fraction of sp³-hybridized carbons (Fsp3) is 0.733. The van der Waals surface area contributed by atoms with Crippen molar-refractivity contribution in [3.05, 3.63) is 0 Å². The Bertz CT molecular complexity index is 412. The molecule has 1 rings (SSSR count). The molecule has 0 spiro atoms. The Morgan fingerprint density at radius 3 is 2.70 bits per heavy atom. The number of terminal acetylenes is 1. The molecule has 0 aromatic rings. The average Bonchev–Trinajstić information content (AvgIpc) is 2.35. The Labute approximate surface area is 120 Å². The van der Waals surface area contributed by atoms with Crippen LogP contribution in [0.25, 0.3) is 0 Å². The molecule has 5 heteroatoms. The van der Waals surface area contributed by atoms with E-state index in [0.29, 0.717) is 13.0 Å². The standard InChI is InChI=1S/C15H24N2O3/c1-5-8-11(6-2)16-14(20)17-10-7-9-15(3,4)12(17)13(18)19/h2,11-12H,5,7-10H2,1,3-4H3,(H,16,20)(H,18,19). The highest BCUT2D eigenvalue weighted by atomic mass is 16.4. The van der Waals surface area contributed by atoms with E-state index in [4.69, 9.17) is 6.42 Å². The number of aliphatic carboxylic acids is 1. The first-order valence-electron chi connectivity index (χ1n) is 7.09. The van der Waals surface area contributed by atoms with E-state index in [1.165, 1.54) is 4.90 Å². The van der Waals surface area contributed by atoms with Crippen molar-refractivity contribution < 1.29 is 14.7 Å². The molecule has 2 N–H and O–H groups in total. The lowest BCUT2D eigenvalue weighted by molar-refractivity contribution is -0.148. The summed E-state index contributed by atoms with van der Waals surface area (Å²) < 4.78 is 0. The lowest BCUT2D eigenvalue weighted by atomic mass is 9.76. The van der Waals surface area contributed by atoms with Crippen LogP contribution in [-0.2, 0) is 4.79 Å². The van der Waals surface area contributed by atoms with Crippen LogP contribution in [0.15, 0.2) is 0 Å². The van der Waals surface area contributed by atoms with Crippen molar-refractivity contribution in [2.45, 2.75) is 58.5 Å². The minimum Gasteiger partial charge on any atom is -0.480 e. The number of amides is 2. The van der Waals surface area contributed by atoms with Crippen LogP contribution in [0.2, 0.25) is 0 Å². The van der Waals surface area contributed by atoms with Gasteiger partial charge in [0.2, 0.25) is 0 Å². The Hall–Kier alpha value is -1.70. The summed E-state index contributed by atoms with van der Waals surface area (Å²) in [6.45, 7) is 6.21. The van der Waals surface area contributed by atoms with Crippen molar-refractivity contribution in [3.8, 4) is 12.3 Å². The van der Waals surface area contributed by atoms with Gasteiger partial charge in [-0.05, 0) is 24.7 Å². The second kappa shape index (κ2) is 6.65. The largest absolute Gasteiger partial charge is 0.480 e. The maximum Gasteiger partial charge on any atom is 0.327 e. The molecule has 1 heterocycles. The third kappa shape index (κ3) is 3.66. The first-order chi connectivity index (χ1) is 9.33. The smallest absolute Gasteiger partial charge is 0.327 e. The quantitative estimate of drug-likeness (QED) is 0.775. The summed E-state index contributed by atoms with van der Waals surface area (Å²) in [5.74, 6) is 1.57. The van der Waals surface area contributed by atoms with Gasteiger partial charge in [-0.15, -0.1) is 6.42 Å². The molecule has 0 saturated carbocycles. The molecule has 1 aliphatic rings. The van der Waals surface area contributed by atoms with Crippen LogP contribution >= 0.6 is 0 Å². The summed E-state index contributed by atoms with van der Waals surface area (Å²) in [5.41, 5.74) is -0.433. The van der Waals surface area contributed by atoms with Crippen molar-refractivity contribution in [1.29, 1.82) is 0 Å². The minimum atomic E-state index is -0.961. The first kappa shape index (κ1) is 16.4. The SMILES string of the molecule is C#CC(CCC)NC(=O)N1CCCC(C)(C)C1C(=O)O. The Kier molecular flexibility index (Phi) is 5.43. The normalized spacial score (nSPS) is 22.7. The Morgan fingerprint density at radius 1 is 1.55 bits per heavy atom. The zero-order chi connectivity index (χ0) is 15.3. The molecule has 20 heavy (non-hydrogen) atoms. The van der Waals surface area contributed by atoms with Crippen LogP contribution in [0.1, 0.15) is 46.5 Å². The van der Waals surface area contributed by atoms with Crippen LogP contribution in [0.5, 0.6) is 0 Å². The molecule has 0 aromatic heterocycles. The van der Waals surface area contributed by atoms with Gasteiger partial charge in [0, 0.05) is 6.54 Å². The number of hydrogen-bond acceptors (Lipinski definition) is 2. The van der Waals surface area contributed by atoms with Crippen LogP contribution in [0.4, 0.5) is 4.79 Å². The van der Waals surface area contributed by atoms with Crippen molar-refractivity contribution >= 4 is 12.0 Å². The fourth-order valence-electron chi connectivity index (χ4n) is 2.80. The highest BCUT2D eigenvalue weighted by Crippen LogP contribution is 2.35. The molecule has 2 atom stereocenters. The van der Waals surface area contributed by atoms with Gasteiger partial charge >= 0.3 is 12.0 Å². The van der Waals surface area contributed by atoms with Crippen molar-refractivity contribution in [3.63, 3.8) is 0 Å². The minimum absolute atomic E-state index is 0.341. The van der Waals surface area contributed by atoms with Crippen LogP contribution in [-0.4, -0.2) is 40.6 Å². The van der Waals surface area contributed by atoms with Gasteiger partial charge in [-0.3, -0.25) is 0 Å².